The number of rotatable bonds is 6. The fourth-order valence-electron chi connectivity index (χ4n) is 2.47. The largest absolute Gasteiger partial charge is 0.481 e. The Morgan fingerprint density at radius 3 is 2.69 bits per heavy atom. The zero-order chi connectivity index (χ0) is 21.1. The maximum absolute atomic E-state index is 13.2. The third-order valence-corrected chi connectivity index (χ3v) is 5.70. The van der Waals surface area contributed by atoms with Crippen molar-refractivity contribution in [2.24, 2.45) is 0 Å². The standard InChI is InChI=1S/C19H12BrClFNO5S/c20-13-5-10(1-4-15(13)28-9-17(24)25)6-16-18(26)23(19(27)29-16)8-11-2-3-12(22)7-14(11)21/h1-7H,8-9H2,(H,24,25)/b16-6-. The Hall–Kier alpha value is -2.36. The summed E-state index contributed by atoms with van der Waals surface area (Å²) in [7, 11) is 0. The number of thioether (sulfide) groups is 1. The Kier molecular flexibility index (Phi) is 6.61. The number of amides is 2. The van der Waals surface area contributed by atoms with E-state index in [0.717, 1.165) is 22.7 Å². The van der Waals surface area contributed by atoms with Crippen LogP contribution in [-0.2, 0) is 16.1 Å². The van der Waals surface area contributed by atoms with Crippen LogP contribution in [0, 0.1) is 5.82 Å². The van der Waals surface area contributed by atoms with Gasteiger partial charge in [-0.1, -0.05) is 23.7 Å². The van der Waals surface area contributed by atoms with Crippen LogP contribution in [0.2, 0.25) is 5.02 Å². The number of carbonyl (C=O) groups excluding carboxylic acids is 2. The van der Waals surface area contributed by atoms with Crippen LogP contribution >= 0.6 is 39.3 Å². The number of halogens is 3. The summed E-state index contributed by atoms with van der Waals surface area (Å²) in [5.74, 6) is -1.75. The van der Waals surface area contributed by atoms with Gasteiger partial charge in [0.1, 0.15) is 11.6 Å². The van der Waals surface area contributed by atoms with Gasteiger partial charge < -0.3 is 9.84 Å². The first kappa shape index (κ1) is 21.4. The van der Waals surface area contributed by atoms with E-state index < -0.39 is 29.5 Å². The van der Waals surface area contributed by atoms with Crippen molar-refractivity contribution in [3.8, 4) is 5.75 Å². The second-order valence-electron chi connectivity index (χ2n) is 5.88. The highest BCUT2D eigenvalue weighted by Gasteiger charge is 2.35. The molecule has 1 saturated heterocycles. The fourth-order valence-corrected chi connectivity index (χ4v) is 4.05. The summed E-state index contributed by atoms with van der Waals surface area (Å²) < 4.78 is 18.8. The molecule has 1 aliphatic heterocycles. The molecule has 0 bridgehead atoms. The molecule has 2 aromatic rings. The fraction of sp³-hybridized carbons (Fsp3) is 0.105. The van der Waals surface area contributed by atoms with E-state index in [1.165, 1.54) is 12.1 Å². The maximum Gasteiger partial charge on any atom is 0.341 e. The molecule has 0 saturated carbocycles. The molecule has 1 fully saturated rings. The first-order valence-corrected chi connectivity index (χ1v) is 10.1. The highest BCUT2D eigenvalue weighted by atomic mass is 79.9. The molecule has 2 amide bonds. The van der Waals surface area contributed by atoms with Crippen LogP contribution in [0.4, 0.5) is 9.18 Å². The Bertz CT molecular complexity index is 1050. The molecule has 6 nitrogen and oxygen atoms in total. The van der Waals surface area contributed by atoms with Gasteiger partial charge in [0, 0.05) is 5.02 Å². The van der Waals surface area contributed by atoms with Gasteiger partial charge in [0.25, 0.3) is 11.1 Å². The number of ether oxygens (including phenoxy) is 1. The average Bonchev–Trinajstić information content (AvgIpc) is 2.90. The lowest BCUT2D eigenvalue weighted by Gasteiger charge is -2.13. The normalized spacial score (nSPS) is 15.3. The van der Waals surface area contributed by atoms with Crippen molar-refractivity contribution in [2.75, 3.05) is 6.61 Å². The number of hydrogen-bond donors (Lipinski definition) is 1. The predicted octanol–water partition coefficient (Wildman–Crippen LogP) is 4.94. The minimum atomic E-state index is -1.10. The van der Waals surface area contributed by atoms with Crippen LogP contribution in [0.1, 0.15) is 11.1 Å². The van der Waals surface area contributed by atoms with E-state index in [2.05, 4.69) is 15.9 Å². The van der Waals surface area contributed by atoms with Crippen molar-refractivity contribution in [1.29, 1.82) is 0 Å². The number of aliphatic carboxylic acids is 1. The molecule has 0 aliphatic carbocycles. The Morgan fingerprint density at radius 2 is 2.03 bits per heavy atom. The van der Waals surface area contributed by atoms with Gasteiger partial charge in [0.05, 0.1) is 15.9 Å². The first-order valence-electron chi connectivity index (χ1n) is 8.08. The van der Waals surface area contributed by atoms with E-state index in [1.54, 1.807) is 24.3 Å². The lowest BCUT2D eigenvalue weighted by atomic mass is 10.2. The van der Waals surface area contributed by atoms with Crippen LogP contribution in [-0.4, -0.2) is 33.7 Å². The number of imide groups is 1. The highest BCUT2D eigenvalue weighted by molar-refractivity contribution is 9.10. The Morgan fingerprint density at radius 1 is 1.28 bits per heavy atom. The summed E-state index contributed by atoms with van der Waals surface area (Å²) in [5, 5.41) is 8.35. The predicted molar refractivity (Wildman–Crippen MR) is 110 cm³/mol. The van der Waals surface area contributed by atoms with Gasteiger partial charge in [0.15, 0.2) is 6.61 Å². The van der Waals surface area contributed by atoms with Gasteiger partial charge in [-0.3, -0.25) is 14.5 Å². The van der Waals surface area contributed by atoms with Gasteiger partial charge in [0.2, 0.25) is 0 Å². The van der Waals surface area contributed by atoms with E-state index in [1.807, 2.05) is 0 Å². The molecule has 0 unspecified atom stereocenters. The zero-order valence-corrected chi connectivity index (χ0v) is 17.7. The monoisotopic (exact) mass is 499 g/mol. The van der Waals surface area contributed by atoms with E-state index in [-0.39, 0.29) is 16.5 Å². The van der Waals surface area contributed by atoms with Gasteiger partial charge in [-0.15, -0.1) is 0 Å². The number of carboxylic acids is 1. The molecule has 0 aromatic heterocycles. The second kappa shape index (κ2) is 8.98. The third-order valence-electron chi connectivity index (χ3n) is 3.82. The van der Waals surface area contributed by atoms with Gasteiger partial charge in [-0.2, -0.15) is 0 Å². The van der Waals surface area contributed by atoms with Crippen molar-refractivity contribution in [3.05, 3.63) is 67.7 Å². The third kappa shape index (κ3) is 5.17. The Labute approximate surface area is 182 Å². The zero-order valence-electron chi connectivity index (χ0n) is 14.5. The van der Waals surface area contributed by atoms with Crippen molar-refractivity contribution in [1.82, 2.24) is 4.90 Å². The first-order chi connectivity index (χ1) is 13.7. The molecular formula is C19H12BrClFNO5S. The second-order valence-corrected chi connectivity index (χ2v) is 8.13. The average molecular weight is 501 g/mol. The molecule has 3 rings (SSSR count). The summed E-state index contributed by atoms with van der Waals surface area (Å²) in [6.07, 6.45) is 1.54. The number of benzene rings is 2. The summed E-state index contributed by atoms with van der Waals surface area (Å²) in [6, 6.07) is 8.59. The topological polar surface area (TPSA) is 83.9 Å². The van der Waals surface area contributed by atoms with Crippen molar-refractivity contribution >= 4 is 62.5 Å². The molecule has 29 heavy (non-hydrogen) atoms. The van der Waals surface area contributed by atoms with Crippen molar-refractivity contribution in [3.63, 3.8) is 0 Å². The number of carbonyl (C=O) groups is 3. The van der Waals surface area contributed by atoms with Gasteiger partial charge in [-0.05, 0) is 69.2 Å². The molecule has 0 radical (unpaired) electrons. The van der Waals surface area contributed by atoms with E-state index in [4.69, 9.17) is 21.4 Å². The van der Waals surface area contributed by atoms with Crippen molar-refractivity contribution < 1.29 is 28.6 Å². The molecule has 1 N–H and O–H groups in total. The van der Waals surface area contributed by atoms with Gasteiger partial charge in [-0.25, -0.2) is 9.18 Å². The minimum Gasteiger partial charge on any atom is -0.481 e. The molecule has 0 spiro atoms. The van der Waals surface area contributed by atoms with E-state index in [0.29, 0.717) is 21.3 Å². The van der Waals surface area contributed by atoms with Crippen LogP contribution in [0.25, 0.3) is 6.08 Å². The summed E-state index contributed by atoms with van der Waals surface area (Å²) in [5.41, 5.74) is 1.07. The summed E-state index contributed by atoms with van der Waals surface area (Å²) in [6.45, 7) is -0.546. The number of nitrogens with zero attached hydrogens (tertiary/aromatic N) is 1. The van der Waals surface area contributed by atoms with Gasteiger partial charge >= 0.3 is 5.97 Å². The lowest BCUT2D eigenvalue weighted by molar-refractivity contribution is -0.139. The van der Waals surface area contributed by atoms with Crippen LogP contribution < -0.4 is 4.74 Å². The SMILES string of the molecule is O=C(O)COc1ccc(/C=C2\SC(=O)N(Cc3ccc(F)cc3Cl)C2=O)cc1Br. The molecule has 10 heteroatoms. The van der Waals surface area contributed by atoms with Crippen LogP contribution in [0.3, 0.4) is 0 Å². The molecule has 1 heterocycles. The Balaban J connectivity index is 1.77. The highest BCUT2D eigenvalue weighted by Crippen LogP contribution is 2.35. The maximum atomic E-state index is 13.2. The quantitative estimate of drug-likeness (QED) is 0.566. The summed E-state index contributed by atoms with van der Waals surface area (Å²) in [4.78, 5) is 36.7. The van der Waals surface area contributed by atoms with Crippen molar-refractivity contribution in [2.45, 2.75) is 6.54 Å². The lowest BCUT2D eigenvalue weighted by Crippen LogP contribution is -2.27. The molecule has 150 valence electrons. The van der Waals surface area contributed by atoms with Crippen LogP contribution in [0.15, 0.2) is 45.8 Å². The van der Waals surface area contributed by atoms with Crippen LogP contribution in [0.5, 0.6) is 5.75 Å². The summed E-state index contributed by atoms with van der Waals surface area (Å²) >= 11 is 10.1. The smallest absolute Gasteiger partial charge is 0.341 e. The van der Waals surface area contributed by atoms with E-state index >= 15 is 0 Å². The molecule has 0 atom stereocenters. The molecule has 2 aromatic carbocycles. The van der Waals surface area contributed by atoms with E-state index in [9.17, 15) is 18.8 Å². The number of carboxylic acid groups (broad SMARTS) is 1. The molecular weight excluding hydrogens is 489 g/mol. The molecule has 1 aliphatic rings. The minimum absolute atomic E-state index is 0.0627. The number of hydrogen-bond acceptors (Lipinski definition) is 5.